The summed E-state index contributed by atoms with van der Waals surface area (Å²) < 4.78 is 9.18. The molecule has 332 valence electrons. The Labute approximate surface area is 375 Å². The highest BCUT2D eigenvalue weighted by Crippen LogP contribution is 2.26. The summed E-state index contributed by atoms with van der Waals surface area (Å²) in [6, 6.07) is 43.9. The Bertz CT molecular complexity index is 2440. The van der Waals surface area contributed by atoms with Crippen LogP contribution in [0.3, 0.4) is 0 Å². The van der Waals surface area contributed by atoms with Crippen LogP contribution in [0.4, 0.5) is 0 Å². The van der Waals surface area contributed by atoms with Crippen molar-refractivity contribution in [3.05, 3.63) is 132 Å². The van der Waals surface area contributed by atoms with E-state index in [9.17, 15) is 0 Å². The van der Waals surface area contributed by atoms with Crippen LogP contribution in [0.25, 0.3) is 43.6 Å². The molecule has 6 nitrogen and oxygen atoms in total. The third-order valence-corrected chi connectivity index (χ3v) is 24.9. The van der Waals surface area contributed by atoms with Crippen LogP contribution in [0, 0.1) is 27.7 Å². The highest BCUT2D eigenvalue weighted by atomic mass is 28.3. The lowest BCUT2D eigenvalue weighted by molar-refractivity contribution is -0.0987. The standard InChI is InChI=1S/2C16H25NSi.2C10H11N.2CH2O/c2*1-6-18(7-2,8-3)16-12-14-11-13(4)9-10-15(14)17(16)5;2*1-8-3-4-10-9(7-8)5-6-11(10)2;2*1-2/h2*9-12H,6-8H2,1-5H3;2*3-7H,1-2H3;2*1H2. The Morgan fingerprint density at radius 1 is 0.371 bits per heavy atom. The van der Waals surface area contributed by atoms with Gasteiger partial charge in [0.05, 0.1) is 0 Å². The Kier molecular flexibility index (Phi) is 19.2. The Hall–Kier alpha value is -5.19. The monoisotopic (exact) mass is 869 g/mol. The van der Waals surface area contributed by atoms with E-state index < -0.39 is 16.1 Å². The predicted octanol–water partition coefficient (Wildman–Crippen LogP) is 13.0. The number of rotatable bonds is 8. The van der Waals surface area contributed by atoms with Gasteiger partial charge in [0.2, 0.25) is 0 Å². The van der Waals surface area contributed by atoms with Gasteiger partial charge in [0, 0.05) is 73.3 Å². The molecule has 8 aromatic rings. The van der Waals surface area contributed by atoms with Crippen molar-refractivity contribution >= 4 is 84.0 Å². The van der Waals surface area contributed by atoms with Gasteiger partial charge in [0.25, 0.3) is 0 Å². The number of hydrogen-bond donors (Lipinski definition) is 0. The maximum Gasteiger partial charge on any atom is 0.107 e. The van der Waals surface area contributed by atoms with Gasteiger partial charge >= 0.3 is 0 Å². The van der Waals surface area contributed by atoms with Gasteiger partial charge in [-0.15, -0.1) is 0 Å². The third-order valence-electron chi connectivity index (χ3n) is 13.6. The number of nitrogens with zero attached hydrogens (tertiary/aromatic N) is 4. The highest BCUT2D eigenvalue weighted by molar-refractivity contribution is 6.92. The van der Waals surface area contributed by atoms with Gasteiger partial charge < -0.3 is 27.9 Å². The van der Waals surface area contributed by atoms with Crippen molar-refractivity contribution in [2.45, 2.75) is 106 Å². The molecule has 0 radical (unpaired) electrons. The minimum atomic E-state index is -1.28. The first-order valence-electron chi connectivity index (χ1n) is 22.4. The summed E-state index contributed by atoms with van der Waals surface area (Å²) in [5.74, 6) is 0. The summed E-state index contributed by atoms with van der Waals surface area (Å²) in [7, 11) is 6.07. The van der Waals surface area contributed by atoms with Gasteiger partial charge in [-0.1, -0.05) is 124 Å². The molecule has 0 spiro atoms. The quantitative estimate of drug-likeness (QED) is 0.143. The lowest BCUT2D eigenvalue weighted by atomic mass is 10.2. The first kappa shape index (κ1) is 51.2. The second-order valence-corrected chi connectivity index (χ2v) is 27.4. The zero-order valence-electron chi connectivity index (χ0n) is 40.7. The van der Waals surface area contributed by atoms with E-state index in [2.05, 4.69) is 225 Å². The second-order valence-electron chi connectivity index (χ2n) is 17.0. The molecule has 4 aromatic carbocycles. The van der Waals surface area contributed by atoms with Crippen molar-refractivity contribution in [1.29, 1.82) is 0 Å². The van der Waals surface area contributed by atoms with Crippen LogP contribution >= 0.6 is 0 Å². The fourth-order valence-corrected chi connectivity index (χ4v) is 17.1. The number of benzene rings is 4. The van der Waals surface area contributed by atoms with Gasteiger partial charge in [0.1, 0.15) is 29.7 Å². The second kappa shape index (κ2) is 23.3. The molecule has 0 bridgehead atoms. The Morgan fingerprint density at radius 3 is 0.903 bits per heavy atom. The fourth-order valence-electron chi connectivity index (χ4n) is 9.34. The van der Waals surface area contributed by atoms with Crippen molar-refractivity contribution in [3.8, 4) is 0 Å². The lowest BCUT2D eigenvalue weighted by Gasteiger charge is -2.28. The SMILES string of the molecule is C=O.C=O.CC[Si](CC)(CC)c1cc2cc(C)ccc2n1C.CC[Si](CC)(CC)c1cc2cc(C)ccc2n1C.Cc1ccc2c(ccn2C)c1.Cc1ccc2c(ccn2C)c1. The molecule has 0 N–H and O–H groups in total. The van der Waals surface area contributed by atoms with Gasteiger partial charge in [-0.2, -0.15) is 0 Å². The van der Waals surface area contributed by atoms with Crippen molar-refractivity contribution in [2.24, 2.45) is 28.2 Å². The average Bonchev–Trinajstić information content (AvgIpc) is 4.04. The van der Waals surface area contributed by atoms with E-state index >= 15 is 0 Å². The number of hydrogen-bond acceptors (Lipinski definition) is 2. The molecule has 62 heavy (non-hydrogen) atoms. The summed E-state index contributed by atoms with van der Waals surface area (Å²) in [6.07, 6.45) is 4.17. The van der Waals surface area contributed by atoms with E-state index in [1.54, 1.807) is 10.6 Å². The van der Waals surface area contributed by atoms with E-state index in [1.807, 2.05) is 13.6 Å². The maximum atomic E-state index is 8.00. The molecule has 0 aliphatic rings. The van der Waals surface area contributed by atoms with Crippen LogP contribution in [0.2, 0.25) is 36.3 Å². The van der Waals surface area contributed by atoms with Crippen LogP contribution in [-0.2, 0) is 37.8 Å². The zero-order chi connectivity index (χ0) is 46.4. The molecule has 0 aliphatic heterocycles. The van der Waals surface area contributed by atoms with E-state index in [0.29, 0.717) is 0 Å². The van der Waals surface area contributed by atoms with Crippen LogP contribution < -0.4 is 10.6 Å². The molecular weight excluding hydrogens is 793 g/mol. The van der Waals surface area contributed by atoms with Gasteiger partial charge in [-0.3, -0.25) is 0 Å². The molecule has 0 atom stereocenters. The number of aryl methyl sites for hydroxylation is 8. The number of carbonyl (C=O) groups is 2. The molecule has 0 amide bonds. The van der Waals surface area contributed by atoms with Gasteiger partial charge in [-0.05, 0) is 122 Å². The third kappa shape index (κ3) is 11.2. The van der Waals surface area contributed by atoms with Crippen molar-refractivity contribution < 1.29 is 9.59 Å². The Balaban J connectivity index is 0.000000219. The number of aromatic nitrogens is 4. The molecule has 8 heteroatoms. The minimum absolute atomic E-state index is 1.28. The van der Waals surface area contributed by atoms with Crippen LogP contribution in [-0.4, -0.2) is 48.0 Å². The lowest BCUT2D eigenvalue weighted by Crippen LogP contribution is -2.48. The minimum Gasteiger partial charge on any atom is -0.352 e. The molecule has 4 heterocycles. The first-order valence-corrected chi connectivity index (χ1v) is 27.7. The smallest absolute Gasteiger partial charge is 0.107 e. The summed E-state index contributed by atoms with van der Waals surface area (Å²) in [5, 5.41) is 8.76. The van der Waals surface area contributed by atoms with E-state index in [-0.39, 0.29) is 0 Å². The van der Waals surface area contributed by atoms with Crippen LogP contribution in [0.1, 0.15) is 63.8 Å². The number of fused-ring (bicyclic) bond motifs is 4. The molecule has 0 saturated heterocycles. The summed E-state index contributed by atoms with van der Waals surface area (Å²) in [4.78, 5) is 16.0. The first-order chi connectivity index (χ1) is 29.7. The number of carbonyl (C=O) groups excluding carboxylic acids is 2. The molecule has 8 rings (SSSR count). The van der Waals surface area contributed by atoms with E-state index in [0.717, 1.165) is 0 Å². The van der Waals surface area contributed by atoms with Gasteiger partial charge in [-0.25, -0.2) is 0 Å². The summed E-state index contributed by atoms with van der Waals surface area (Å²) in [6.45, 7) is 26.9. The Morgan fingerprint density at radius 2 is 0.629 bits per heavy atom. The van der Waals surface area contributed by atoms with Crippen LogP contribution in [0.5, 0.6) is 0 Å². The average molecular weight is 869 g/mol. The predicted molar refractivity (Wildman–Crippen MR) is 279 cm³/mol. The zero-order valence-corrected chi connectivity index (χ0v) is 42.7. The molecule has 0 unspecified atom stereocenters. The summed E-state index contributed by atoms with van der Waals surface area (Å²) in [5.41, 5.74) is 10.7. The van der Waals surface area contributed by atoms with Crippen molar-refractivity contribution in [2.75, 3.05) is 0 Å². The molecule has 0 fully saturated rings. The topological polar surface area (TPSA) is 53.9 Å². The highest BCUT2D eigenvalue weighted by Gasteiger charge is 2.33. The largest absolute Gasteiger partial charge is 0.352 e. The molecular formula is C54H76N4O2Si2. The molecule has 0 saturated carbocycles. The van der Waals surface area contributed by atoms with E-state index in [1.165, 1.54) is 102 Å². The van der Waals surface area contributed by atoms with Crippen molar-refractivity contribution in [3.63, 3.8) is 0 Å². The normalized spacial score (nSPS) is 11.1. The van der Waals surface area contributed by atoms with Crippen LogP contribution in [0.15, 0.2) is 109 Å². The van der Waals surface area contributed by atoms with Gasteiger partial charge in [0.15, 0.2) is 0 Å². The fraction of sp³-hybridized carbons (Fsp3) is 0.370. The molecule has 4 aromatic heterocycles. The van der Waals surface area contributed by atoms with Crippen molar-refractivity contribution in [1.82, 2.24) is 18.3 Å². The van der Waals surface area contributed by atoms with E-state index in [4.69, 9.17) is 9.59 Å². The molecule has 0 aliphatic carbocycles. The maximum absolute atomic E-state index is 8.00. The summed E-state index contributed by atoms with van der Waals surface area (Å²) >= 11 is 0.